The standard InChI is InChI=1S/C9H12N2/c1-4-7-11-9(8(2)3)5-6-10-11/h1,5-6,8H,7H2,2-3H3. The predicted octanol–water partition coefficient (Wildman–Crippen LogP) is 1.64. The quantitative estimate of drug-likeness (QED) is 0.583. The molecule has 2 heteroatoms. The number of hydrogen-bond donors (Lipinski definition) is 0. The van der Waals surface area contributed by atoms with Crippen molar-refractivity contribution in [3.63, 3.8) is 0 Å². The molecule has 0 unspecified atom stereocenters. The summed E-state index contributed by atoms with van der Waals surface area (Å²) in [4.78, 5) is 0. The third kappa shape index (κ3) is 1.62. The zero-order chi connectivity index (χ0) is 8.27. The van der Waals surface area contributed by atoms with E-state index in [4.69, 9.17) is 6.42 Å². The van der Waals surface area contributed by atoms with Crippen LogP contribution in [0.15, 0.2) is 12.3 Å². The molecule has 0 radical (unpaired) electrons. The lowest BCUT2D eigenvalue weighted by Gasteiger charge is -2.05. The van der Waals surface area contributed by atoms with Gasteiger partial charge in [0.2, 0.25) is 0 Å². The zero-order valence-electron chi connectivity index (χ0n) is 6.91. The van der Waals surface area contributed by atoms with Gasteiger partial charge in [0.05, 0.1) is 0 Å². The third-order valence-corrected chi connectivity index (χ3v) is 1.58. The molecular weight excluding hydrogens is 136 g/mol. The van der Waals surface area contributed by atoms with Crippen LogP contribution in [0.1, 0.15) is 25.5 Å². The summed E-state index contributed by atoms with van der Waals surface area (Å²) in [5, 5.41) is 4.10. The maximum atomic E-state index is 5.18. The molecular formula is C9H12N2. The lowest BCUT2D eigenvalue weighted by atomic mass is 10.1. The largest absolute Gasteiger partial charge is 0.257 e. The molecule has 0 fully saturated rings. The van der Waals surface area contributed by atoms with Gasteiger partial charge in [-0.05, 0) is 12.0 Å². The summed E-state index contributed by atoms with van der Waals surface area (Å²) >= 11 is 0. The molecule has 1 aromatic heterocycles. The van der Waals surface area contributed by atoms with Gasteiger partial charge in [0, 0.05) is 11.9 Å². The summed E-state index contributed by atoms with van der Waals surface area (Å²) in [5.41, 5.74) is 1.20. The van der Waals surface area contributed by atoms with Gasteiger partial charge in [-0.15, -0.1) is 6.42 Å². The summed E-state index contributed by atoms with van der Waals surface area (Å²) in [5.74, 6) is 3.06. The van der Waals surface area contributed by atoms with E-state index in [2.05, 4.69) is 24.9 Å². The summed E-state index contributed by atoms with van der Waals surface area (Å²) in [7, 11) is 0. The lowest BCUT2D eigenvalue weighted by molar-refractivity contribution is 0.636. The van der Waals surface area contributed by atoms with Crippen molar-refractivity contribution in [3.05, 3.63) is 18.0 Å². The van der Waals surface area contributed by atoms with E-state index >= 15 is 0 Å². The number of rotatable bonds is 2. The first-order chi connectivity index (χ1) is 5.25. The predicted molar refractivity (Wildman–Crippen MR) is 45.1 cm³/mol. The molecule has 0 saturated heterocycles. The Bertz CT molecular complexity index is 265. The average molecular weight is 148 g/mol. The van der Waals surface area contributed by atoms with Crippen LogP contribution in [0.4, 0.5) is 0 Å². The van der Waals surface area contributed by atoms with E-state index in [1.807, 2.05) is 10.7 Å². The van der Waals surface area contributed by atoms with E-state index in [-0.39, 0.29) is 0 Å². The number of hydrogen-bond acceptors (Lipinski definition) is 1. The second-order valence-electron chi connectivity index (χ2n) is 2.77. The second kappa shape index (κ2) is 3.25. The fraction of sp³-hybridized carbons (Fsp3) is 0.444. The first-order valence-electron chi connectivity index (χ1n) is 3.71. The monoisotopic (exact) mass is 148 g/mol. The van der Waals surface area contributed by atoms with Crippen LogP contribution >= 0.6 is 0 Å². The molecule has 1 heterocycles. The minimum absolute atomic E-state index is 0.492. The van der Waals surface area contributed by atoms with Gasteiger partial charge < -0.3 is 0 Å². The van der Waals surface area contributed by atoms with Gasteiger partial charge in [-0.1, -0.05) is 19.8 Å². The van der Waals surface area contributed by atoms with E-state index in [9.17, 15) is 0 Å². The minimum Gasteiger partial charge on any atom is -0.257 e. The van der Waals surface area contributed by atoms with Gasteiger partial charge in [0.25, 0.3) is 0 Å². The Labute approximate surface area is 67.2 Å². The zero-order valence-corrected chi connectivity index (χ0v) is 6.91. The normalized spacial score (nSPS) is 10.0. The van der Waals surface area contributed by atoms with Crippen molar-refractivity contribution in [1.82, 2.24) is 9.78 Å². The molecule has 1 aromatic rings. The Morgan fingerprint density at radius 2 is 2.45 bits per heavy atom. The highest BCUT2D eigenvalue weighted by Gasteiger charge is 2.03. The molecule has 58 valence electrons. The van der Waals surface area contributed by atoms with Gasteiger partial charge in [0.1, 0.15) is 6.54 Å². The molecule has 0 N–H and O–H groups in total. The number of aromatic nitrogens is 2. The van der Waals surface area contributed by atoms with E-state index < -0.39 is 0 Å². The summed E-state index contributed by atoms with van der Waals surface area (Å²) < 4.78 is 1.85. The van der Waals surface area contributed by atoms with Gasteiger partial charge >= 0.3 is 0 Å². The molecule has 11 heavy (non-hydrogen) atoms. The fourth-order valence-electron chi connectivity index (χ4n) is 1.05. The maximum Gasteiger partial charge on any atom is 0.102 e. The summed E-state index contributed by atoms with van der Waals surface area (Å²) in [6, 6.07) is 2.00. The van der Waals surface area contributed by atoms with Crippen molar-refractivity contribution in [2.45, 2.75) is 26.3 Å². The van der Waals surface area contributed by atoms with E-state index in [1.54, 1.807) is 6.20 Å². The van der Waals surface area contributed by atoms with Crippen molar-refractivity contribution in [2.24, 2.45) is 0 Å². The van der Waals surface area contributed by atoms with Crippen molar-refractivity contribution in [1.29, 1.82) is 0 Å². The molecule has 0 bridgehead atoms. The van der Waals surface area contributed by atoms with Crippen molar-refractivity contribution < 1.29 is 0 Å². The van der Waals surface area contributed by atoms with Crippen LogP contribution in [0, 0.1) is 12.3 Å². The van der Waals surface area contributed by atoms with Gasteiger partial charge in [0.15, 0.2) is 0 Å². The molecule has 0 amide bonds. The Morgan fingerprint density at radius 3 is 3.00 bits per heavy atom. The molecule has 0 aliphatic carbocycles. The van der Waals surface area contributed by atoms with Crippen LogP contribution in [0.3, 0.4) is 0 Å². The van der Waals surface area contributed by atoms with Crippen LogP contribution in [-0.4, -0.2) is 9.78 Å². The topological polar surface area (TPSA) is 17.8 Å². The Kier molecular flexibility index (Phi) is 2.32. The number of nitrogens with zero attached hydrogens (tertiary/aromatic N) is 2. The van der Waals surface area contributed by atoms with Gasteiger partial charge in [-0.3, -0.25) is 4.68 Å². The molecule has 1 rings (SSSR count). The summed E-state index contributed by atoms with van der Waals surface area (Å²) in [6.07, 6.45) is 6.96. The molecule has 0 spiro atoms. The van der Waals surface area contributed by atoms with Gasteiger partial charge in [-0.2, -0.15) is 5.10 Å². The molecule has 0 aliphatic heterocycles. The SMILES string of the molecule is C#CCn1nccc1C(C)C. The molecule has 2 nitrogen and oxygen atoms in total. The van der Waals surface area contributed by atoms with E-state index in [1.165, 1.54) is 5.69 Å². The minimum atomic E-state index is 0.492. The second-order valence-corrected chi connectivity index (χ2v) is 2.77. The van der Waals surface area contributed by atoms with Gasteiger partial charge in [-0.25, -0.2) is 0 Å². The lowest BCUT2D eigenvalue weighted by Crippen LogP contribution is -2.04. The Hall–Kier alpha value is -1.23. The Balaban J connectivity index is 2.89. The third-order valence-electron chi connectivity index (χ3n) is 1.58. The molecule has 0 atom stereocenters. The van der Waals surface area contributed by atoms with Crippen LogP contribution in [0.2, 0.25) is 0 Å². The highest BCUT2D eigenvalue weighted by atomic mass is 15.3. The van der Waals surface area contributed by atoms with Crippen LogP contribution < -0.4 is 0 Å². The highest BCUT2D eigenvalue weighted by Crippen LogP contribution is 2.12. The fourth-order valence-corrected chi connectivity index (χ4v) is 1.05. The van der Waals surface area contributed by atoms with Crippen molar-refractivity contribution >= 4 is 0 Å². The molecule has 0 saturated carbocycles. The summed E-state index contributed by atoms with van der Waals surface area (Å²) in [6.45, 7) is 4.83. The van der Waals surface area contributed by atoms with Crippen LogP contribution in [0.25, 0.3) is 0 Å². The first kappa shape index (κ1) is 7.87. The van der Waals surface area contributed by atoms with Crippen LogP contribution in [-0.2, 0) is 6.54 Å². The van der Waals surface area contributed by atoms with E-state index in [0.717, 1.165) is 0 Å². The highest BCUT2D eigenvalue weighted by molar-refractivity contribution is 5.06. The van der Waals surface area contributed by atoms with Crippen LogP contribution in [0.5, 0.6) is 0 Å². The Morgan fingerprint density at radius 1 is 1.73 bits per heavy atom. The first-order valence-corrected chi connectivity index (χ1v) is 3.71. The maximum absolute atomic E-state index is 5.18. The average Bonchev–Trinajstić information content (AvgIpc) is 2.36. The molecule has 0 aromatic carbocycles. The smallest absolute Gasteiger partial charge is 0.102 e. The van der Waals surface area contributed by atoms with Crippen molar-refractivity contribution in [2.75, 3.05) is 0 Å². The number of terminal acetylenes is 1. The van der Waals surface area contributed by atoms with Crippen molar-refractivity contribution in [3.8, 4) is 12.3 Å². The van der Waals surface area contributed by atoms with E-state index in [0.29, 0.717) is 12.5 Å². The molecule has 0 aliphatic rings.